The molecule has 110 heavy (non-hydrogen) atoms. The van der Waals surface area contributed by atoms with Crippen LogP contribution in [0.3, 0.4) is 0 Å². The molecule has 0 saturated carbocycles. The number of rotatable bonds is 13. The Hall–Kier alpha value is -9.30. The first kappa shape index (κ1) is 78.8. The molecule has 8 heteroatoms. The van der Waals surface area contributed by atoms with Gasteiger partial charge in [0.1, 0.15) is 0 Å². The van der Waals surface area contributed by atoms with E-state index in [0.29, 0.717) is 65.0 Å². The molecular formula is C102H114O7Se. The van der Waals surface area contributed by atoms with Crippen molar-refractivity contribution >= 4 is 19.7 Å². The molecule has 2 aliphatic rings. The first-order chi connectivity index (χ1) is 52.2. The molecule has 13 rings (SSSR count). The van der Waals surface area contributed by atoms with Crippen LogP contribution in [0.4, 0.5) is 0 Å². The summed E-state index contributed by atoms with van der Waals surface area (Å²) in [4.78, 5) is 0. The summed E-state index contributed by atoms with van der Waals surface area (Å²) in [6, 6.07) is 77.7. The van der Waals surface area contributed by atoms with Gasteiger partial charge in [-0.3, -0.25) is 0 Å². The van der Waals surface area contributed by atoms with Crippen LogP contribution in [0, 0.1) is 0 Å². The molecule has 11 aromatic rings. The van der Waals surface area contributed by atoms with Crippen molar-refractivity contribution in [3.05, 3.63) is 346 Å². The van der Waals surface area contributed by atoms with Crippen molar-refractivity contribution in [3.63, 3.8) is 0 Å². The van der Waals surface area contributed by atoms with E-state index in [1.165, 1.54) is 33.4 Å². The van der Waals surface area contributed by atoms with Crippen LogP contribution < -0.4 is 32.9 Å². The van der Waals surface area contributed by atoms with Gasteiger partial charge in [0.05, 0.1) is 0 Å². The van der Waals surface area contributed by atoms with E-state index in [9.17, 15) is 4.19 Å². The van der Waals surface area contributed by atoms with Crippen molar-refractivity contribution in [1.82, 2.24) is 0 Å². The Labute approximate surface area is 663 Å². The van der Waals surface area contributed by atoms with Crippen LogP contribution in [-0.2, 0) is 111 Å². The standard InChI is InChI=1S/C102H114O7Se/c1-97(2,3)84-48-72-42-73-49-85(98(4,5)6)53-77(91(73)105-61-67-34-25-20-26-35-67)45-82-58-89(102(16,17)18)59-83-47-79-55-87(100(10,11)12)51-75(93(79)107-63-69-38-29-22-30-39-69)43-74-50-86(99(7,8)9)54-78(92(74)106-62-68-36-27-21-28-37-68)46-81-57-88(101(13,14)15)56-80(44-76(52-84)90(72)104-60-66-32-23-19-24-33-66)94(81)108-64-70-40-31-41-71(96(70)110-103)65-109-95(82)83/h19-41,48-59,103H,42-47,60-65H2,1-18H3. The van der Waals surface area contributed by atoms with E-state index in [1.807, 2.05) is 0 Å². The third-order valence-corrected chi connectivity index (χ3v) is 23.3. The zero-order valence-corrected chi connectivity index (χ0v) is 70.2. The normalized spacial score (nSPS) is 13.6. The number of benzene rings is 11. The molecule has 0 atom stereocenters. The summed E-state index contributed by atoms with van der Waals surface area (Å²) in [7, 11) is 0. The monoisotopic (exact) mass is 1530 g/mol. The first-order valence-electron chi connectivity index (χ1n) is 39.5. The van der Waals surface area contributed by atoms with Gasteiger partial charge < -0.3 is 0 Å². The van der Waals surface area contributed by atoms with Crippen molar-refractivity contribution in [2.24, 2.45) is 0 Å². The van der Waals surface area contributed by atoms with Gasteiger partial charge in [0, 0.05) is 0 Å². The molecule has 1 N–H and O–H groups in total. The van der Waals surface area contributed by atoms with Gasteiger partial charge in [0.25, 0.3) is 0 Å². The Kier molecular flexibility index (Phi) is 23.1. The van der Waals surface area contributed by atoms with Gasteiger partial charge >= 0.3 is 547 Å². The zero-order valence-electron chi connectivity index (χ0n) is 68.5. The van der Waals surface area contributed by atoms with Gasteiger partial charge in [-0.25, -0.2) is 0 Å². The van der Waals surface area contributed by atoms with Gasteiger partial charge in [0.2, 0.25) is 0 Å². The molecule has 0 fully saturated rings. The summed E-state index contributed by atoms with van der Waals surface area (Å²) < 4.78 is 58.9. The molecule has 2 heterocycles. The van der Waals surface area contributed by atoms with Crippen molar-refractivity contribution in [3.8, 4) is 34.5 Å². The number of fused-ring (bicyclic) bond motifs is 10. The third-order valence-electron chi connectivity index (χ3n) is 21.9. The molecule has 0 unspecified atom stereocenters. The zero-order chi connectivity index (χ0) is 78.1. The van der Waals surface area contributed by atoms with E-state index in [-0.39, 0.29) is 45.7 Å². The molecule has 0 radical (unpaired) electrons. The van der Waals surface area contributed by atoms with Gasteiger partial charge in [-0.15, -0.1) is 0 Å². The van der Waals surface area contributed by atoms with Crippen molar-refractivity contribution < 1.29 is 32.6 Å². The SMILES string of the molecule is CC(C)(C)c1cc2c(OCc3ccccc3)c(c1)Cc1cc(C(C)(C)C)cc3c1OCc1cccc(c1[Se]O)COc1c(cc(C(C)(C)C)cc1Cc1cc(C(C)(C)C)cc(c1OCc1ccccc1)Cc1cc(C(C)(C)C)cc(c1OCc1ccccc1)C3)Cc1cc(C(C)(C)C)cc(c1OCc1ccccc1)C2. The maximum absolute atomic E-state index is 12.1. The quantitative estimate of drug-likeness (QED) is 0.115. The Balaban J connectivity index is 1.21. The van der Waals surface area contributed by atoms with Crippen LogP contribution >= 0.6 is 0 Å². The van der Waals surface area contributed by atoms with Crippen LogP contribution in [0.5, 0.6) is 34.5 Å². The molecule has 0 aliphatic carbocycles. The second kappa shape index (κ2) is 32.2. The van der Waals surface area contributed by atoms with E-state index in [4.69, 9.17) is 28.4 Å². The molecule has 0 amide bonds. The molecule has 0 spiro atoms. The fourth-order valence-corrected chi connectivity index (χ4v) is 16.3. The Bertz CT molecular complexity index is 4500. The number of ether oxygens (including phenoxy) is 6. The second-order valence-electron chi connectivity index (χ2n) is 37.0. The summed E-state index contributed by atoms with van der Waals surface area (Å²) in [5.41, 5.74) is 24.2. The average molecular weight is 1530 g/mol. The Morgan fingerprint density at radius 3 is 0.636 bits per heavy atom. The maximum atomic E-state index is 12.1. The molecule has 11 aromatic carbocycles. The van der Waals surface area contributed by atoms with Crippen LogP contribution in [-0.4, -0.2) is 19.5 Å². The molecule has 2 aliphatic heterocycles. The van der Waals surface area contributed by atoms with Gasteiger partial charge in [-0.1, -0.05) is 121 Å². The molecule has 7 nitrogen and oxygen atoms in total. The molecule has 0 saturated heterocycles. The topological polar surface area (TPSA) is 75.6 Å². The van der Waals surface area contributed by atoms with E-state index in [2.05, 4.69) is 337 Å². The first-order valence-corrected chi connectivity index (χ1v) is 41.1. The van der Waals surface area contributed by atoms with Crippen LogP contribution in [0.1, 0.15) is 258 Å². The summed E-state index contributed by atoms with van der Waals surface area (Å²) in [6.45, 7) is 43.7. The summed E-state index contributed by atoms with van der Waals surface area (Å²) in [5, 5.41) is 0. The van der Waals surface area contributed by atoms with E-state index < -0.39 is 15.3 Å². The van der Waals surface area contributed by atoms with Crippen molar-refractivity contribution in [1.29, 1.82) is 0 Å². The van der Waals surface area contributed by atoms with Crippen LogP contribution in [0.15, 0.2) is 212 Å². The Morgan fingerprint density at radius 1 is 0.255 bits per heavy atom. The van der Waals surface area contributed by atoms with Crippen LogP contribution in [0.25, 0.3) is 0 Å². The summed E-state index contributed by atoms with van der Waals surface area (Å²) in [5.74, 6) is 4.96. The fourth-order valence-electron chi connectivity index (χ4n) is 15.2. The second-order valence-corrected chi connectivity index (χ2v) is 38.2. The average Bonchev–Trinajstić information content (AvgIpc) is 0.762. The molecule has 570 valence electrons. The molecular weight excluding hydrogens is 1420 g/mol. The van der Waals surface area contributed by atoms with Crippen LogP contribution in [0.2, 0.25) is 0 Å². The van der Waals surface area contributed by atoms with E-state index in [0.717, 1.165) is 139 Å². The van der Waals surface area contributed by atoms with E-state index in [1.54, 1.807) is 0 Å². The van der Waals surface area contributed by atoms with Crippen molar-refractivity contribution in [2.75, 3.05) is 0 Å². The predicted octanol–water partition coefficient (Wildman–Crippen LogP) is 23.4. The summed E-state index contributed by atoms with van der Waals surface area (Å²) >= 11 is -0.969. The fraction of sp³-hybridized carbons (Fsp3) is 0.353. The van der Waals surface area contributed by atoms with Gasteiger partial charge in [0.15, 0.2) is 0 Å². The molecule has 0 aromatic heterocycles. The van der Waals surface area contributed by atoms with E-state index >= 15 is 0 Å². The molecule has 12 bridgehead atoms. The third kappa shape index (κ3) is 18.7. The van der Waals surface area contributed by atoms with Crippen molar-refractivity contribution in [2.45, 2.75) is 235 Å². The minimum absolute atomic E-state index is 0.194. The number of hydrogen-bond acceptors (Lipinski definition) is 7. The number of hydrogen-bond donors (Lipinski definition) is 1. The summed E-state index contributed by atoms with van der Waals surface area (Å²) in [6.07, 6.45) is 2.90. The van der Waals surface area contributed by atoms with Gasteiger partial charge in [-0.2, -0.15) is 0 Å². The minimum atomic E-state index is -0.969. The Morgan fingerprint density at radius 2 is 0.445 bits per heavy atom. The van der Waals surface area contributed by atoms with Gasteiger partial charge in [-0.05, 0) is 0 Å². The predicted molar refractivity (Wildman–Crippen MR) is 453 cm³/mol.